The van der Waals surface area contributed by atoms with Gasteiger partial charge in [0, 0.05) is 13.0 Å². The maximum atomic E-state index is 16.2. The van der Waals surface area contributed by atoms with Crippen LogP contribution >= 0.6 is 0 Å². The summed E-state index contributed by atoms with van der Waals surface area (Å²) in [6.45, 7) is 10.0. The number of nitrogens with zero attached hydrogens (tertiary/aromatic N) is 2. The molecule has 38 heavy (non-hydrogen) atoms. The number of carbonyl (C=O) groups excluding carboxylic acids is 2. The molecule has 0 aliphatic heterocycles. The summed E-state index contributed by atoms with van der Waals surface area (Å²) < 4.78 is 34.8. The summed E-state index contributed by atoms with van der Waals surface area (Å²) in [6, 6.07) is 8.11. The summed E-state index contributed by atoms with van der Waals surface area (Å²) in [4.78, 5) is 39.4. The van der Waals surface area contributed by atoms with E-state index in [1.807, 2.05) is 20.8 Å². The highest BCUT2D eigenvalue weighted by atomic mass is 19.1. The number of anilines is 3. The first-order valence-corrected chi connectivity index (χ1v) is 11.8. The average Bonchev–Trinajstić information content (AvgIpc) is 2.74. The van der Waals surface area contributed by atoms with Crippen molar-refractivity contribution < 1.29 is 33.0 Å². The standard InChI is InChI=1S/C28H33F2N3O5/c1-8-15-32(17-18-9-11-19(29)12-10-18)21-14-13-20(31-22(34)16-27(2,3)4)24(23(21)30)33(25(35)36)26(37)38-28(5,6)7/h1,9-14H,15-17H2,2-7H3,(H,31,34)(H,35,36). The lowest BCUT2D eigenvalue weighted by Crippen LogP contribution is -2.41. The molecule has 0 aromatic heterocycles. The van der Waals surface area contributed by atoms with Gasteiger partial charge in [0.05, 0.1) is 17.9 Å². The van der Waals surface area contributed by atoms with Crippen LogP contribution in [-0.2, 0) is 16.1 Å². The van der Waals surface area contributed by atoms with E-state index in [1.165, 1.54) is 62.1 Å². The first kappa shape index (κ1) is 30.1. The van der Waals surface area contributed by atoms with Gasteiger partial charge in [-0.05, 0) is 56.0 Å². The molecule has 0 spiro atoms. The van der Waals surface area contributed by atoms with Crippen molar-refractivity contribution in [3.8, 4) is 12.3 Å². The zero-order chi connectivity index (χ0) is 28.8. The van der Waals surface area contributed by atoms with Gasteiger partial charge >= 0.3 is 12.2 Å². The lowest BCUT2D eigenvalue weighted by molar-refractivity contribution is -0.117. The zero-order valence-electron chi connectivity index (χ0n) is 22.4. The molecular formula is C28H33F2N3O5. The average molecular weight is 530 g/mol. The number of hydrogen-bond donors (Lipinski definition) is 2. The molecule has 3 amide bonds. The molecule has 0 unspecified atom stereocenters. The number of carboxylic acid groups (broad SMARTS) is 1. The lowest BCUT2D eigenvalue weighted by Gasteiger charge is -2.29. The van der Waals surface area contributed by atoms with Crippen LogP contribution in [0.2, 0.25) is 0 Å². The number of nitrogens with one attached hydrogen (secondary N) is 1. The third kappa shape index (κ3) is 8.47. The summed E-state index contributed by atoms with van der Waals surface area (Å²) in [5.74, 6) is 0.340. The Morgan fingerprint density at radius 2 is 1.63 bits per heavy atom. The van der Waals surface area contributed by atoms with Gasteiger partial charge in [-0.3, -0.25) is 4.79 Å². The fraction of sp³-hybridized carbons (Fsp3) is 0.393. The predicted molar refractivity (Wildman–Crippen MR) is 142 cm³/mol. The number of imide groups is 1. The van der Waals surface area contributed by atoms with E-state index in [1.54, 1.807) is 0 Å². The number of terminal acetylenes is 1. The Morgan fingerprint density at radius 1 is 1.03 bits per heavy atom. The van der Waals surface area contributed by atoms with E-state index in [0.717, 1.165) is 0 Å². The monoisotopic (exact) mass is 529 g/mol. The molecule has 0 bridgehead atoms. The molecular weight excluding hydrogens is 496 g/mol. The van der Waals surface area contributed by atoms with Crippen LogP contribution < -0.4 is 15.1 Å². The number of rotatable bonds is 7. The van der Waals surface area contributed by atoms with Crippen molar-refractivity contribution in [1.29, 1.82) is 0 Å². The number of carbonyl (C=O) groups is 3. The van der Waals surface area contributed by atoms with E-state index in [9.17, 15) is 23.9 Å². The van der Waals surface area contributed by atoms with Gasteiger partial charge in [0.2, 0.25) is 5.91 Å². The topological polar surface area (TPSA) is 99.2 Å². The van der Waals surface area contributed by atoms with Crippen molar-refractivity contribution in [2.24, 2.45) is 5.41 Å². The molecule has 2 aromatic rings. The molecule has 0 aliphatic rings. The fourth-order valence-electron chi connectivity index (χ4n) is 3.51. The zero-order valence-corrected chi connectivity index (χ0v) is 22.4. The molecule has 2 N–H and O–H groups in total. The van der Waals surface area contributed by atoms with Crippen LogP contribution in [-0.4, -0.2) is 35.3 Å². The molecule has 10 heteroatoms. The molecule has 0 saturated carbocycles. The lowest BCUT2D eigenvalue weighted by atomic mass is 9.92. The Bertz CT molecular complexity index is 1230. The largest absolute Gasteiger partial charge is 0.464 e. The van der Waals surface area contributed by atoms with Crippen LogP contribution in [0.5, 0.6) is 0 Å². The molecule has 2 rings (SSSR count). The number of benzene rings is 2. The van der Waals surface area contributed by atoms with E-state index in [2.05, 4.69) is 11.2 Å². The van der Waals surface area contributed by atoms with Crippen LogP contribution in [0.4, 0.5) is 35.4 Å². The summed E-state index contributed by atoms with van der Waals surface area (Å²) in [5.41, 5.74) is -1.99. The van der Waals surface area contributed by atoms with Crippen molar-refractivity contribution in [1.82, 2.24) is 0 Å². The Kier molecular flexibility index (Phi) is 9.46. The SMILES string of the molecule is C#CCN(Cc1ccc(F)cc1)c1ccc(NC(=O)CC(C)(C)C)c(N(C(=O)O)C(=O)OC(C)(C)C)c1F. The summed E-state index contributed by atoms with van der Waals surface area (Å²) in [6.07, 6.45) is 2.38. The third-order valence-corrected chi connectivity index (χ3v) is 4.96. The normalized spacial score (nSPS) is 11.3. The third-order valence-electron chi connectivity index (χ3n) is 4.96. The maximum absolute atomic E-state index is 16.2. The maximum Gasteiger partial charge on any atom is 0.424 e. The van der Waals surface area contributed by atoms with Gasteiger partial charge in [0.1, 0.15) is 17.1 Å². The van der Waals surface area contributed by atoms with Crippen molar-refractivity contribution >= 4 is 35.2 Å². The molecule has 8 nitrogen and oxygen atoms in total. The first-order chi connectivity index (χ1) is 17.5. The van der Waals surface area contributed by atoms with Gasteiger partial charge in [-0.2, -0.15) is 4.90 Å². The number of amides is 3. The van der Waals surface area contributed by atoms with Crippen molar-refractivity contribution in [2.45, 2.75) is 60.1 Å². The number of halogens is 2. The van der Waals surface area contributed by atoms with Crippen LogP contribution in [0.3, 0.4) is 0 Å². The van der Waals surface area contributed by atoms with Gasteiger partial charge in [-0.1, -0.05) is 38.8 Å². The van der Waals surface area contributed by atoms with Gasteiger partial charge in [-0.15, -0.1) is 6.42 Å². The van der Waals surface area contributed by atoms with E-state index < -0.39 is 46.4 Å². The van der Waals surface area contributed by atoms with Gasteiger partial charge < -0.3 is 20.1 Å². The quantitative estimate of drug-likeness (QED) is 0.403. The molecule has 2 aromatic carbocycles. The highest BCUT2D eigenvalue weighted by molar-refractivity contribution is 6.13. The summed E-state index contributed by atoms with van der Waals surface area (Å²) in [5, 5.41) is 12.4. The second-order valence-electron chi connectivity index (χ2n) is 10.9. The van der Waals surface area contributed by atoms with Crippen LogP contribution in [0.15, 0.2) is 36.4 Å². The van der Waals surface area contributed by atoms with E-state index in [0.29, 0.717) is 5.56 Å². The smallest absolute Gasteiger partial charge is 0.424 e. The highest BCUT2D eigenvalue weighted by Gasteiger charge is 2.35. The summed E-state index contributed by atoms with van der Waals surface area (Å²) in [7, 11) is 0. The Hall–Kier alpha value is -4.13. The Morgan fingerprint density at radius 3 is 2.13 bits per heavy atom. The highest BCUT2D eigenvalue weighted by Crippen LogP contribution is 2.38. The minimum atomic E-state index is -1.82. The Balaban J connectivity index is 2.68. The fourth-order valence-corrected chi connectivity index (χ4v) is 3.51. The van der Waals surface area contributed by atoms with E-state index in [-0.39, 0.29) is 35.8 Å². The second kappa shape index (κ2) is 11.9. The van der Waals surface area contributed by atoms with Gasteiger partial charge in [0.15, 0.2) is 5.82 Å². The van der Waals surface area contributed by atoms with Crippen LogP contribution in [0.25, 0.3) is 0 Å². The van der Waals surface area contributed by atoms with Crippen LogP contribution in [0, 0.1) is 29.4 Å². The predicted octanol–water partition coefficient (Wildman–Crippen LogP) is 6.40. The van der Waals surface area contributed by atoms with Gasteiger partial charge in [0.25, 0.3) is 0 Å². The molecule has 204 valence electrons. The second-order valence-corrected chi connectivity index (χ2v) is 10.9. The van der Waals surface area contributed by atoms with E-state index >= 15 is 4.39 Å². The Labute approximate surface area is 221 Å². The number of hydrogen-bond acceptors (Lipinski definition) is 5. The van der Waals surface area contributed by atoms with Crippen LogP contribution in [0.1, 0.15) is 53.5 Å². The minimum absolute atomic E-state index is 0.0447. The van der Waals surface area contributed by atoms with Crippen molar-refractivity contribution in [2.75, 3.05) is 21.7 Å². The first-order valence-electron chi connectivity index (χ1n) is 11.8. The van der Waals surface area contributed by atoms with Crippen molar-refractivity contribution in [3.63, 3.8) is 0 Å². The molecule has 0 saturated heterocycles. The van der Waals surface area contributed by atoms with Crippen molar-refractivity contribution in [3.05, 3.63) is 53.6 Å². The molecule has 0 atom stereocenters. The molecule has 0 aliphatic carbocycles. The van der Waals surface area contributed by atoms with E-state index in [4.69, 9.17) is 11.2 Å². The minimum Gasteiger partial charge on any atom is -0.464 e. The summed E-state index contributed by atoms with van der Waals surface area (Å²) >= 11 is 0. The molecule has 0 heterocycles. The molecule has 0 radical (unpaired) electrons. The molecule has 0 fully saturated rings. The van der Waals surface area contributed by atoms with Gasteiger partial charge in [-0.25, -0.2) is 18.4 Å². The number of ether oxygens (including phenoxy) is 1.